The highest BCUT2D eigenvalue weighted by Gasteiger charge is 2.20. The molecule has 1 aromatic heterocycles. The number of sulfonamides is 1. The second-order valence-corrected chi connectivity index (χ2v) is 6.68. The SMILES string of the molecule is CCN(CC)CCCNS(=O)(=O)c1cc(CNC)oc1C. The lowest BCUT2D eigenvalue weighted by Crippen LogP contribution is -2.30. The summed E-state index contributed by atoms with van der Waals surface area (Å²) in [4.78, 5) is 2.50. The predicted molar refractivity (Wildman–Crippen MR) is 83.8 cm³/mol. The van der Waals surface area contributed by atoms with Crippen LogP contribution in [0.2, 0.25) is 0 Å². The van der Waals surface area contributed by atoms with Gasteiger partial charge in [-0.15, -0.1) is 0 Å². The molecule has 1 rings (SSSR count). The Kier molecular flexibility index (Phi) is 7.37. The smallest absolute Gasteiger partial charge is 0.244 e. The van der Waals surface area contributed by atoms with Gasteiger partial charge in [-0.05, 0) is 40.0 Å². The summed E-state index contributed by atoms with van der Waals surface area (Å²) in [5, 5.41) is 2.94. The fraction of sp³-hybridized carbons (Fsp3) is 0.714. The normalized spacial score (nSPS) is 12.2. The van der Waals surface area contributed by atoms with E-state index in [0.717, 1.165) is 26.1 Å². The minimum Gasteiger partial charge on any atom is -0.464 e. The van der Waals surface area contributed by atoms with Crippen LogP contribution in [0.25, 0.3) is 0 Å². The molecule has 0 saturated heterocycles. The first kappa shape index (κ1) is 18.2. The predicted octanol–water partition coefficient (Wildman–Crippen LogP) is 1.32. The zero-order valence-corrected chi connectivity index (χ0v) is 14.2. The Morgan fingerprint density at radius 2 is 1.95 bits per heavy atom. The quantitative estimate of drug-likeness (QED) is 0.637. The fourth-order valence-corrected chi connectivity index (χ4v) is 3.45. The number of aryl methyl sites for hydroxylation is 1. The Labute approximate surface area is 127 Å². The minimum absolute atomic E-state index is 0.232. The summed E-state index contributed by atoms with van der Waals surface area (Å²) >= 11 is 0. The molecule has 0 aliphatic rings. The lowest BCUT2D eigenvalue weighted by Gasteiger charge is -2.17. The summed E-state index contributed by atoms with van der Waals surface area (Å²) in [6.45, 7) is 9.68. The van der Waals surface area contributed by atoms with Gasteiger partial charge in [0.1, 0.15) is 16.4 Å². The van der Waals surface area contributed by atoms with Crippen molar-refractivity contribution in [2.24, 2.45) is 0 Å². The van der Waals surface area contributed by atoms with Crippen molar-refractivity contribution < 1.29 is 12.8 Å². The molecule has 122 valence electrons. The zero-order valence-electron chi connectivity index (χ0n) is 13.4. The van der Waals surface area contributed by atoms with Gasteiger partial charge in [-0.25, -0.2) is 13.1 Å². The van der Waals surface area contributed by atoms with Gasteiger partial charge in [0.2, 0.25) is 10.0 Å². The monoisotopic (exact) mass is 317 g/mol. The van der Waals surface area contributed by atoms with Crippen LogP contribution >= 0.6 is 0 Å². The molecule has 0 aliphatic heterocycles. The lowest BCUT2D eigenvalue weighted by atomic mass is 10.4. The van der Waals surface area contributed by atoms with Crippen molar-refractivity contribution in [1.82, 2.24) is 14.9 Å². The van der Waals surface area contributed by atoms with Crippen LogP contribution < -0.4 is 10.0 Å². The van der Waals surface area contributed by atoms with E-state index >= 15 is 0 Å². The van der Waals surface area contributed by atoms with Crippen LogP contribution in [0.4, 0.5) is 0 Å². The first-order chi connectivity index (χ1) is 9.94. The second kappa shape index (κ2) is 8.53. The maximum Gasteiger partial charge on any atom is 0.244 e. The van der Waals surface area contributed by atoms with Crippen LogP contribution in [0.3, 0.4) is 0 Å². The highest BCUT2D eigenvalue weighted by Crippen LogP contribution is 2.19. The van der Waals surface area contributed by atoms with E-state index in [1.165, 1.54) is 0 Å². The lowest BCUT2D eigenvalue weighted by molar-refractivity contribution is 0.300. The molecule has 1 aromatic rings. The van der Waals surface area contributed by atoms with E-state index in [1.807, 2.05) is 0 Å². The molecule has 0 saturated carbocycles. The van der Waals surface area contributed by atoms with E-state index in [-0.39, 0.29) is 4.90 Å². The van der Waals surface area contributed by atoms with Gasteiger partial charge in [0.25, 0.3) is 0 Å². The van der Waals surface area contributed by atoms with Crippen LogP contribution in [-0.2, 0) is 16.6 Å². The van der Waals surface area contributed by atoms with Gasteiger partial charge in [0, 0.05) is 12.6 Å². The molecule has 7 heteroatoms. The average molecular weight is 317 g/mol. The van der Waals surface area contributed by atoms with Crippen molar-refractivity contribution in [2.45, 2.75) is 38.6 Å². The van der Waals surface area contributed by atoms with E-state index in [1.54, 1.807) is 20.0 Å². The summed E-state index contributed by atoms with van der Waals surface area (Å²) in [5.74, 6) is 1.05. The summed E-state index contributed by atoms with van der Waals surface area (Å²) in [6, 6.07) is 1.58. The first-order valence-corrected chi connectivity index (χ1v) is 8.88. The third kappa shape index (κ3) is 5.43. The van der Waals surface area contributed by atoms with E-state index in [9.17, 15) is 8.42 Å². The molecule has 0 bridgehead atoms. The van der Waals surface area contributed by atoms with Crippen molar-refractivity contribution in [3.8, 4) is 0 Å². The highest BCUT2D eigenvalue weighted by atomic mass is 32.2. The van der Waals surface area contributed by atoms with E-state index in [0.29, 0.717) is 24.6 Å². The zero-order chi connectivity index (χ0) is 15.9. The third-order valence-electron chi connectivity index (χ3n) is 3.40. The molecule has 1 heterocycles. The van der Waals surface area contributed by atoms with Gasteiger partial charge in [0.15, 0.2) is 0 Å². The Bertz CT molecular complexity index is 522. The molecule has 0 radical (unpaired) electrons. The Balaban J connectivity index is 2.57. The topological polar surface area (TPSA) is 74.6 Å². The maximum atomic E-state index is 12.2. The number of hydrogen-bond donors (Lipinski definition) is 2. The second-order valence-electron chi connectivity index (χ2n) is 4.94. The fourth-order valence-electron chi connectivity index (χ4n) is 2.18. The summed E-state index contributed by atoms with van der Waals surface area (Å²) in [5.41, 5.74) is 0. The van der Waals surface area contributed by atoms with Crippen LogP contribution in [0.1, 0.15) is 31.8 Å². The first-order valence-electron chi connectivity index (χ1n) is 7.40. The minimum atomic E-state index is -3.49. The Morgan fingerprint density at radius 1 is 1.29 bits per heavy atom. The van der Waals surface area contributed by atoms with Crippen molar-refractivity contribution >= 4 is 10.0 Å². The number of furan rings is 1. The van der Waals surface area contributed by atoms with Gasteiger partial charge in [0.05, 0.1) is 6.54 Å². The van der Waals surface area contributed by atoms with Crippen LogP contribution in [0.15, 0.2) is 15.4 Å². The molecule has 0 spiro atoms. The number of rotatable bonds is 10. The van der Waals surface area contributed by atoms with Gasteiger partial charge in [-0.1, -0.05) is 13.8 Å². The van der Waals surface area contributed by atoms with E-state index < -0.39 is 10.0 Å². The van der Waals surface area contributed by atoms with Crippen molar-refractivity contribution in [1.29, 1.82) is 0 Å². The van der Waals surface area contributed by atoms with E-state index in [4.69, 9.17) is 4.42 Å². The molecule has 0 atom stereocenters. The molecular weight excluding hydrogens is 290 g/mol. The van der Waals surface area contributed by atoms with Crippen molar-refractivity contribution in [2.75, 3.05) is 33.2 Å². The molecule has 6 nitrogen and oxygen atoms in total. The molecular formula is C14H27N3O3S. The number of hydrogen-bond acceptors (Lipinski definition) is 5. The average Bonchev–Trinajstić information content (AvgIpc) is 2.81. The van der Waals surface area contributed by atoms with Crippen LogP contribution in [-0.4, -0.2) is 46.5 Å². The third-order valence-corrected chi connectivity index (χ3v) is 4.97. The van der Waals surface area contributed by atoms with E-state index in [2.05, 4.69) is 28.8 Å². The molecule has 0 amide bonds. The Hall–Kier alpha value is -0.890. The Morgan fingerprint density at radius 3 is 2.52 bits per heavy atom. The molecule has 21 heavy (non-hydrogen) atoms. The standard InChI is InChI=1S/C14H27N3O3S/c1-5-17(6-2)9-7-8-16-21(18,19)14-10-13(11-15-4)20-12(14)3/h10,15-16H,5-9,11H2,1-4H3. The highest BCUT2D eigenvalue weighted by molar-refractivity contribution is 7.89. The molecule has 0 unspecified atom stereocenters. The molecule has 0 aromatic carbocycles. The van der Waals surface area contributed by atoms with Gasteiger partial charge in [-0.2, -0.15) is 0 Å². The summed E-state index contributed by atoms with van der Waals surface area (Å²) in [7, 11) is -1.70. The molecule has 2 N–H and O–H groups in total. The molecule has 0 fully saturated rings. The number of nitrogens with zero attached hydrogens (tertiary/aromatic N) is 1. The number of nitrogens with one attached hydrogen (secondary N) is 2. The van der Waals surface area contributed by atoms with Crippen LogP contribution in [0.5, 0.6) is 0 Å². The van der Waals surface area contributed by atoms with Crippen molar-refractivity contribution in [3.63, 3.8) is 0 Å². The van der Waals surface area contributed by atoms with Crippen LogP contribution in [0, 0.1) is 6.92 Å². The molecule has 0 aliphatic carbocycles. The summed E-state index contributed by atoms with van der Waals surface area (Å²) < 4.78 is 32.6. The van der Waals surface area contributed by atoms with Gasteiger partial charge >= 0.3 is 0 Å². The van der Waals surface area contributed by atoms with Gasteiger partial charge in [-0.3, -0.25) is 0 Å². The van der Waals surface area contributed by atoms with Crippen molar-refractivity contribution in [3.05, 3.63) is 17.6 Å². The van der Waals surface area contributed by atoms with Gasteiger partial charge < -0.3 is 14.6 Å². The maximum absolute atomic E-state index is 12.2. The summed E-state index contributed by atoms with van der Waals surface area (Å²) in [6.07, 6.45) is 0.793. The largest absolute Gasteiger partial charge is 0.464 e.